The topological polar surface area (TPSA) is 66.7 Å². The number of thiophene rings is 1. The maximum absolute atomic E-state index is 12.3. The summed E-state index contributed by atoms with van der Waals surface area (Å²) in [4.78, 5) is 26.4. The third-order valence-electron chi connectivity index (χ3n) is 3.20. The van der Waals surface area contributed by atoms with Crippen molar-refractivity contribution in [3.8, 4) is 0 Å². The van der Waals surface area contributed by atoms with Crippen molar-refractivity contribution >= 4 is 27.9 Å². The lowest BCUT2D eigenvalue weighted by atomic mass is 10.2. The van der Waals surface area contributed by atoms with Crippen molar-refractivity contribution in [1.29, 1.82) is 0 Å². The summed E-state index contributed by atoms with van der Waals surface area (Å²) in [5, 5.41) is 10.7. The molecule has 0 bridgehead atoms. The molecule has 0 saturated carbocycles. The quantitative estimate of drug-likeness (QED) is 0.627. The van der Waals surface area contributed by atoms with Crippen LogP contribution in [0.2, 0.25) is 0 Å². The summed E-state index contributed by atoms with van der Waals surface area (Å²) >= 11 is 0.897. The van der Waals surface area contributed by atoms with Crippen molar-refractivity contribution in [2.75, 3.05) is 26.0 Å². The summed E-state index contributed by atoms with van der Waals surface area (Å²) in [5.74, 6) is -0.213. The lowest BCUT2D eigenvalue weighted by molar-refractivity contribution is -0.380. The van der Waals surface area contributed by atoms with Crippen LogP contribution >= 0.6 is 11.3 Å². The van der Waals surface area contributed by atoms with Crippen LogP contribution < -0.4 is 4.90 Å². The molecule has 0 atom stereocenters. The van der Waals surface area contributed by atoms with Crippen molar-refractivity contribution < 1.29 is 9.72 Å². The van der Waals surface area contributed by atoms with E-state index in [1.54, 1.807) is 11.9 Å². The second-order valence-corrected chi connectivity index (χ2v) is 6.18. The molecule has 1 aromatic carbocycles. The fourth-order valence-electron chi connectivity index (χ4n) is 1.97. The molecule has 0 aliphatic rings. The Kier molecular flexibility index (Phi) is 4.77. The van der Waals surface area contributed by atoms with E-state index >= 15 is 0 Å². The Morgan fingerprint density at radius 3 is 2.27 bits per heavy atom. The van der Waals surface area contributed by atoms with Gasteiger partial charge in [-0.25, -0.2) is 0 Å². The lowest BCUT2D eigenvalue weighted by Crippen LogP contribution is -2.25. The third kappa shape index (κ3) is 3.62. The molecule has 116 valence electrons. The van der Waals surface area contributed by atoms with Gasteiger partial charge in [-0.1, -0.05) is 23.5 Å². The molecule has 1 aromatic heterocycles. The summed E-state index contributed by atoms with van der Waals surface area (Å²) < 4.78 is 0. The number of hydrogen-bond donors (Lipinski definition) is 0. The van der Waals surface area contributed by atoms with E-state index < -0.39 is 4.92 Å². The standard InChI is InChI=1S/C15H17N3O3S/c1-16(2)12-6-4-11(5-7-12)10-17(3)15(19)13-8-9-14(22-13)18(20)21/h4-9H,10H2,1-3H3. The Morgan fingerprint density at radius 1 is 1.14 bits per heavy atom. The van der Waals surface area contributed by atoms with Crippen LogP contribution in [0.1, 0.15) is 15.2 Å². The summed E-state index contributed by atoms with van der Waals surface area (Å²) in [5.41, 5.74) is 2.10. The van der Waals surface area contributed by atoms with Gasteiger partial charge in [-0.05, 0) is 23.8 Å². The van der Waals surface area contributed by atoms with E-state index in [0.717, 1.165) is 22.6 Å². The van der Waals surface area contributed by atoms with Crippen LogP contribution in [-0.4, -0.2) is 36.9 Å². The van der Waals surface area contributed by atoms with Crippen LogP contribution in [0.15, 0.2) is 36.4 Å². The highest BCUT2D eigenvalue weighted by Gasteiger charge is 2.18. The zero-order valence-corrected chi connectivity index (χ0v) is 13.5. The van der Waals surface area contributed by atoms with Crippen LogP contribution in [0.3, 0.4) is 0 Å². The van der Waals surface area contributed by atoms with Gasteiger partial charge in [0.2, 0.25) is 0 Å². The molecule has 0 saturated heterocycles. The number of nitrogens with zero attached hydrogens (tertiary/aromatic N) is 3. The lowest BCUT2D eigenvalue weighted by Gasteiger charge is -2.17. The molecule has 0 unspecified atom stereocenters. The molecule has 0 aliphatic carbocycles. The molecule has 0 fully saturated rings. The van der Waals surface area contributed by atoms with Crippen LogP contribution in [-0.2, 0) is 6.54 Å². The SMILES string of the molecule is CN(Cc1ccc(N(C)C)cc1)C(=O)c1ccc([N+](=O)[O-])s1. The van der Waals surface area contributed by atoms with Gasteiger partial charge in [0.25, 0.3) is 5.91 Å². The molecule has 22 heavy (non-hydrogen) atoms. The summed E-state index contributed by atoms with van der Waals surface area (Å²) in [7, 11) is 5.62. The maximum Gasteiger partial charge on any atom is 0.324 e. The van der Waals surface area contributed by atoms with Gasteiger partial charge in [0.1, 0.15) is 0 Å². The maximum atomic E-state index is 12.3. The Bertz CT molecular complexity index is 680. The molecular weight excluding hydrogens is 302 g/mol. The largest absolute Gasteiger partial charge is 0.378 e. The smallest absolute Gasteiger partial charge is 0.324 e. The van der Waals surface area contributed by atoms with Gasteiger partial charge in [-0.2, -0.15) is 0 Å². The minimum Gasteiger partial charge on any atom is -0.378 e. The molecule has 0 N–H and O–H groups in total. The second-order valence-electron chi connectivity index (χ2n) is 5.12. The number of nitro groups is 1. The Balaban J connectivity index is 2.05. The normalized spacial score (nSPS) is 10.3. The van der Waals surface area contributed by atoms with Crippen LogP contribution in [0, 0.1) is 10.1 Å². The van der Waals surface area contributed by atoms with E-state index in [-0.39, 0.29) is 10.9 Å². The van der Waals surface area contributed by atoms with Crippen molar-refractivity contribution in [1.82, 2.24) is 4.90 Å². The predicted octanol–water partition coefficient (Wildman–Crippen LogP) is 2.99. The number of benzene rings is 1. The fourth-order valence-corrected chi connectivity index (χ4v) is 2.79. The summed E-state index contributed by atoms with van der Waals surface area (Å²) in [6, 6.07) is 10.8. The Morgan fingerprint density at radius 2 is 1.77 bits per heavy atom. The van der Waals surface area contributed by atoms with Crippen LogP contribution in [0.4, 0.5) is 10.7 Å². The molecule has 1 heterocycles. The van der Waals surface area contributed by atoms with E-state index in [0.29, 0.717) is 11.4 Å². The molecule has 2 aromatic rings. The molecule has 0 spiro atoms. The molecule has 1 amide bonds. The van der Waals surface area contributed by atoms with Crippen molar-refractivity contribution in [3.05, 3.63) is 57.0 Å². The first-order valence-corrected chi connectivity index (χ1v) is 7.46. The number of anilines is 1. The van der Waals surface area contributed by atoms with E-state index in [1.807, 2.05) is 43.3 Å². The molecule has 0 aliphatic heterocycles. The first kappa shape index (κ1) is 16.0. The number of carbonyl (C=O) groups excluding carboxylic acids is 1. The first-order chi connectivity index (χ1) is 10.4. The zero-order chi connectivity index (χ0) is 16.3. The molecule has 2 rings (SSSR count). The molecule has 0 radical (unpaired) electrons. The monoisotopic (exact) mass is 319 g/mol. The van der Waals surface area contributed by atoms with Gasteiger partial charge >= 0.3 is 5.00 Å². The van der Waals surface area contributed by atoms with Crippen LogP contribution in [0.5, 0.6) is 0 Å². The van der Waals surface area contributed by atoms with Crippen LogP contribution in [0.25, 0.3) is 0 Å². The molecule has 6 nitrogen and oxygen atoms in total. The van der Waals surface area contributed by atoms with E-state index in [1.165, 1.54) is 12.1 Å². The van der Waals surface area contributed by atoms with Crippen molar-refractivity contribution in [3.63, 3.8) is 0 Å². The highest BCUT2D eigenvalue weighted by atomic mass is 32.1. The highest BCUT2D eigenvalue weighted by Crippen LogP contribution is 2.25. The van der Waals surface area contributed by atoms with Gasteiger partial charge in [0, 0.05) is 39.4 Å². The average molecular weight is 319 g/mol. The van der Waals surface area contributed by atoms with Crippen molar-refractivity contribution in [2.45, 2.75) is 6.54 Å². The van der Waals surface area contributed by atoms with Gasteiger partial charge in [0.15, 0.2) is 0 Å². The highest BCUT2D eigenvalue weighted by molar-refractivity contribution is 7.17. The fraction of sp³-hybridized carbons (Fsp3) is 0.267. The molecular formula is C15H17N3O3S. The van der Waals surface area contributed by atoms with Gasteiger partial charge in [-0.15, -0.1) is 0 Å². The number of hydrogen-bond acceptors (Lipinski definition) is 5. The second kappa shape index (κ2) is 6.57. The minimum absolute atomic E-state index is 0.0212. The number of rotatable bonds is 5. The van der Waals surface area contributed by atoms with E-state index in [9.17, 15) is 14.9 Å². The van der Waals surface area contributed by atoms with Gasteiger partial charge in [-0.3, -0.25) is 14.9 Å². The van der Waals surface area contributed by atoms with Crippen molar-refractivity contribution in [2.24, 2.45) is 0 Å². The third-order valence-corrected chi connectivity index (χ3v) is 4.23. The first-order valence-electron chi connectivity index (χ1n) is 6.64. The minimum atomic E-state index is -0.485. The average Bonchev–Trinajstić information content (AvgIpc) is 2.97. The van der Waals surface area contributed by atoms with E-state index in [2.05, 4.69) is 0 Å². The number of amides is 1. The Labute approximate surface area is 132 Å². The zero-order valence-electron chi connectivity index (χ0n) is 12.6. The van der Waals surface area contributed by atoms with Gasteiger partial charge < -0.3 is 9.80 Å². The summed E-state index contributed by atoms with van der Waals surface area (Å²) in [6.07, 6.45) is 0. The number of carbonyl (C=O) groups is 1. The summed E-state index contributed by atoms with van der Waals surface area (Å²) in [6.45, 7) is 0.457. The predicted molar refractivity (Wildman–Crippen MR) is 87.5 cm³/mol. The van der Waals surface area contributed by atoms with Gasteiger partial charge in [0.05, 0.1) is 9.80 Å². The molecule has 7 heteroatoms. The Hall–Kier alpha value is -2.41. The van der Waals surface area contributed by atoms with E-state index in [4.69, 9.17) is 0 Å².